The number of non-ortho nitro benzene ring substituents is 1. The molecule has 0 aromatic heterocycles. The van der Waals surface area contributed by atoms with Gasteiger partial charge in [0.25, 0.3) is 5.69 Å². The number of Topliss-reactive ketones (excluding diaryl/α,β-unsaturated/α-hetero) is 1. The SMILES string of the molecule is CCCC(C)C(=O)C1Cc2cc([N+](=O)[O-])ccc2C1N. The third kappa shape index (κ3) is 2.58. The van der Waals surface area contributed by atoms with Gasteiger partial charge >= 0.3 is 0 Å². The second-order valence-electron chi connectivity index (χ2n) is 5.57. The first-order valence-corrected chi connectivity index (χ1v) is 7.02. The lowest BCUT2D eigenvalue weighted by atomic mass is 9.87. The molecule has 0 fully saturated rings. The summed E-state index contributed by atoms with van der Waals surface area (Å²) >= 11 is 0. The second-order valence-corrected chi connectivity index (χ2v) is 5.57. The Labute approximate surface area is 118 Å². The van der Waals surface area contributed by atoms with Gasteiger partial charge in [-0.1, -0.05) is 26.3 Å². The topological polar surface area (TPSA) is 86.2 Å². The molecule has 0 saturated heterocycles. The zero-order valence-electron chi connectivity index (χ0n) is 11.8. The predicted octanol–water partition coefficient (Wildman–Crippen LogP) is 2.77. The van der Waals surface area contributed by atoms with Gasteiger partial charge in [-0.05, 0) is 24.0 Å². The predicted molar refractivity (Wildman–Crippen MR) is 76.3 cm³/mol. The molecule has 2 N–H and O–H groups in total. The van der Waals surface area contributed by atoms with Gasteiger partial charge in [0.15, 0.2) is 0 Å². The fourth-order valence-electron chi connectivity index (χ4n) is 3.01. The number of hydrogen-bond donors (Lipinski definition) is 1. The third-order valence-corrected chi connectivity index (χ3v) is 4.14. The van der Waals surface area contributed by atoms with Crippen LogP contribution >= 0.6 is 0 Å². The number of rotatable bonds is 5. The number of carbonyl (C=O) groups excluding carboxylic acids is 1. The number of nitro benzene ring substituents is 1. The number of nitrogens with two attached hydrogens (primary N) is 1. The van der Waals surface area contributed by atoms with E-state index in [1.807, 2.05) is 6.92 Å². The molecule has 3 unspecified atom stereocenters. The zero-order chi connectivity index (χ0) is 14.9. The van der Waals surface area contributed by atoms with Gasteiger partial charge in [-0.25, -0.2) is 0 Å². The molecule has 5 heteroatoms. The van der Waals surface area contributed by atoms with Crippen LogP contribution in [0.1, 0.15) is 43.9 Å². The van der Waals surface area contributed by atoms with Crippen molar-refractivity contribution in [2.45, 2.75) is 39.2 Å². The number of fused-ring (bicyclic) bond motifs is 1. The van der Waals surface area contributed by atoms with Gasteiger partial charge in [-0.15, -0.1) is 0 Å². The second kappa shape index (κ2) is 5.71. The summed E-state index contributed by atoms with van der Waals surface area (Å²) in [7, 11) is 0. The summed E-state index contributed by atoms with van der Waals surface area (Å²) in [5.74, 6) is -0.0629. The van der Waals surface area contributed by atoms with Crippen molar-refractivity contribution < 1.29 is 9.72 Å². The van der Waals surface area contributed by atoms with Crippen molar-refractivity contribution in [2.24, 2.45) is 17.6 Å². The molecule has 0 saturated carbocycles. The third-order valence-electron chi connectivity index (χ3n) is 4.14. The molecular formula is C15H20N2O3. The van der Waals surface area contributed by atoms with E-state index in [1.54, 1.807) is 12.1 Å². The van der Waals surface area contributed by atoms with E-state index in [4.69, 9.17) is 5.73 Å². The van der Waals surface area contributed by atoms with E-state index in [0.29, 0.717) is 6.42 Å². The number of hydrogen-bond acceptors (Lipinski definition) is 4. The van der Waals surface area contributed by atoms with Gasteiger partial charge in [0.1, 0.15) is 5.78 Å². The highest BCUT2D eigenvalue weighted by molar-refractivity contribution is 5.85. The molecule has 0 radical (unpaired) electrons. The van der Waals surface area contributed by atoms with Gasteiger partial charge in [-0.2, -0.15) is 0 Å². The van der Waals surface area contributed by atoms with Crippen LogP contribution in [0.5, 0.6) is 0 Å². The summed E-state index contributed by atoms with van der Waals surface area (Å²) in [5, 5.41) is 10.8. The van der Waals surface area contributed by atoms with Crippen LogP contribution < -0.4 is 5.73 Å². The lowest BCUT2D eigenvalue weighted by Gasteiger charge is -2.19. The van der Waals surface area contributed by atoms with Crippen molar-refractivity contribution in [1.29, 1.82) is 0 Å². The van der Waals surface area contributed by atoms with Crippen molar-refractivity contribution in [3.05, 3.63) is 39.4 Å². The Bertz CT molecular complexity index is 542. The Hall–Kier alpha value is -1.75. The highest BCUT2D eigenvalue weighted by Gasteiger charge is 2.37. The summed E-state index contributed by atoms with van der Waals surface area (Å²) in [6, 6.07) is 4.36. The average molecular weight is 276 g/mol. The van der Waals surface area contributed by atoms with Gasteiger partial charge < -0.3 is 5.73 Å². The van der Waals surface area contributed by atoms with E-state index in [9.17, 15) is 14.9 Å². The number of ketones is 1. The van der Waals surface area contributed by atoms with E-state index in [0.717, 1.165) is 24.0 Å². The Morgan fingerprint density at radius 3 is 2.85 bits per heavy atom. The molecule has 1 aliphatic carbocycles. The fourth-order valence-corrected chi connectivity index (χ4v) is 3.01. The minimum Gasteiger partial charge on any atom is -0.323 e. The van der Waals surface area contributed by atoms with Gasteiger partial charge in [0.2, 0.25) is 0 Å². The van der Waals surface area contributed by atoms with Crippen LogP contribution in [0.3, 0.4) is 0 Å². The normalized spacial score (nSPS) is 22.4. The average Bonchev–Trinajstić information content (AvgIpc) is 2.75. The molecule has 1 aliphatic rings. The van der Waals surface area contributed by atoms with Gasteiger partial charge in [0, 0.05) is 30.0 Å². The number of nitro groups is 1. The molecule has 0 spiro atoms. The van der Waals surface area contributed by atoms with Crippen molar-refractivity contribution in [2.75, 3.05) is 0 Å². The first-order chi connectivity index (χ1) is 9.45. The number of nitrogens with zero attached hydrogens (tertiary/aromatic N) is 1. The van der Waals surface area contributed by atoms with Crippen LogP contribution in [0, 0.1) is 22.0 Å². The molecule has 0 aliphatic heterocycles. The summed E-state index contributed by atoms with van der Waals surface area (Å²) in [4.78, 5) is 22.8. The molecule has 5 nitrogen and oxygen atoms in total. The zero-order valence-corrected chi connectivity index (χ0v) is 11.8. The first kappa shape index (κ1) is 14.7. The molecule has 0 bridgehead atoms. The van der Waals surface area contributed by atoms with Crippen molar-refractivity contribution in [3.63, 3.8) is 0 Å². The Morgan fingerprint density at radius 1 is 1.55 bits per heavy atom. The highest BCUT2D eigenvalue weighted by atomic mass is 16.6. The molecule has 1 aromatic carbocycles. The maximum absolute atomic E-state index is 12.4. The van der Waals surface area contributed by atoms with E-state index >= 15 is 0 Å². The maximum atomic E-state index is 12.4. The van der Waals surface area contributed by atoms with E-state index in [1.165, 1.54) is 6.07 Å². The van der Waals surface area contributed by atoms with Crippen LogP contribution in [0.2, 0.25) is 0 Å². The maximum Gasteiger partial charge on any atom is 0.269 e. The van der Waals surface area contributed by atoms with Crippen molar-refractivity contribution in [1.82, 2.24) is 0 Å². The van der Waals surface area contributed by atoms with Crippen molar-refractivity contribution in [3.8, 4) is 0 Å². The number of carbonyl (C=O) groups is 1. The smallest absolute Gasteiger partial charge is 0.269 e. The first-order valence-electron chi connectivity index (χ1n) is 7.02. The number of benzene rings is 1. The Morgan fingerprint density at radius 2 is 2.25 bits per heavy atom. The Kier molecular flexibility index (Phi) is 4.18. The molecule has 108 valence electrons. The summed E-state index contributed by atoms with van der Waals surface area (Å²) < 4.78 is 0. The minimum atomic E-state index is -0.416. The van der Waals surface area contributed by atoms with Crippen LogP contribution in [-0.2, 0) is 11.2 Å². The van der Waals surface area contributed by atoms with Gasteiger partial charge in [-0.3, -0.25) is 14.9 Å². The monoisotopic (exact) mass is 276 g/mol. The molecule has 0 amide bonds. The Balaban J connectivity index is 2.22. The van der Waals surface area contributed by atoms with Crippen molar-refractivity contribution >= 4 is 11.5 Å². The van der Waals surface area contributed by atoms with E-state index in [-0.39, 0.29) is 29.3 Å². The molecule has 20 heavy (non-hydrogen) atoms. The van der Waals surface area contributed by atoms with Crippen LogP contribution in [-0.4, -0.2) is 10.7 Å². The molecule has 1 aromatic rings. The van der Waals surface area contributed by atoms with Gasteiger partial charge in [0.05, 0.1) is 4.92 Å². The quantitative estimate of drug-likeness (QED) is 0.661. The minimum absolute atomic E-state index is 0.000322. The van der Waals surface area contributed by atoms with E-state index < -0.39 is 4.92 Å². The molecule has 3 atom stereocenters. The fraction of sp³-hybridized carbons (Fsp3) is 0.533. The van der Waals surface area contributed by atoms with E-state index in [2.05, 4.69) is 6.92 Å². The summed E-state index contributed by atoms with van der Waals surface area (Å²) in [6.45, 7) is 3.99. The molecule has 2 rings (SSSR count). The van der Waals surface area contributed by atoms with Crippen LogP contribution in [0.4, 0.5) is 5.69 Å². The lowest BCUT2D eigenvalue weighted by Crippen LogP contribution is -2.29. The summed E-state index contributed by atoms with van der Waals surface area (Å²) in [6.07, 6.45) is 2.34. The standard InChI is InChI=1S/C15H20N2O3/c1-3-4-9(2)15(18)13-8-10-7-11(17(19)20)5-6-12(10)14(13)16/h5-7,9,13-14H,3-4,8,16H2,1-2H3. The van der Waals surface area contributed by atoms with Crippen LogP contribution in [0.25, 0.3) is 0 Å². The largest absolute Gasteiger partial charge is 0.323 e. The summed E-state index contributed by atoms with van der Waals surface area (Å²) in [5.41, 5.74) is 7.94. The lowest BCUT2D eigenvalue weighted by molar-refractivity contribution is -0.384. The molecular weight excluding hydrogens is 256 g/mol. The highest BCUT2D eigenvalue weighted by Crippen LogP contribution is 2.38. The van der Waals surface area contributed by atoms with Crippen LogP contribution in [0.15, 0.2) is 18.2 Å². The molecule has 0 heterocycles.